The summed E-state index contributed by atoms with van der Waals surface area (Å²) in [6.45, 7) is 11.8. The van der Waals surface area contributed by atoms with E-state index in [-0.39, 0.29) is 0 Å². The Morgan fingerprint density at radius 1 is 0.846 bits per heavy atom. The van der Waals surface area contributed by atoms with Crippen LogP contribution in [-0.4, -0.2) is 0 Å². The predicted molar refractivity (Wildman–Crippen MR) is 61.9 cm³/mol. The molecule has 0 aliphatic carbocycles. The van der Waals surface area contributed by atoms with E-state index in [4.69, 9.17) is 0 Å². The van der Waals surface area contributed by atoms with Crippen molar-refractivity contribution in [3.8, 4) is 0 Å². The van der Waals surface area contributed by atoms with Gasteiger partial charge in [0.2, 0.25) is 0 Å². The molecule has 2 unspecified atom stereocenters. The number of hydrogen-bond donors (Lipinski definition) is 0. The van der Waals surface area contributed by atoms with Crippen molar-refractivity contribution in [1.82, 2.24) is 0 Å². The van der Waals surface area contributed by atoms with Gasteiger partial charge >= 0.3 is 0 Å². The third kappa shape index (κ3) is 4.15. The zero-order valence-electron chi connectivity index (χ0n) is 10.3. The van der Waals surface area contributed by atoms with E-state index in [1.807, 2.05) is 0 Å². The van der Waals surface area contributed by atoms with E-state index >= 15 is 0 Å². The molecule has 0 amide bonds. The van der Waals surface area contributed by atoms with E-state index < -0.39 is 0 Å². The Kier molecular flexibility index (Phi) is 7.41. The second-order valence-corrected chi connectivity index (χ2v) is 4.41. The first kappa shape index (κ1) is 13.0. The van der Waals surface area contributed by atoms with Crippen LogP contribution >= 0.6 is 0 Å². The van der Waals surface area contributed by atoms with Gasteiger partial charge in [0.25, 0.3) is 0 Å². The van der Waals surface area contributed by atoms with E-state index in [9.17, 15) is 0 Å². The lowest BCUT2D eigenvalue weighted by atomic mass is 9.76. The lowest BCUT2D eigenvalue weighted by Crippen LogP contribution is -2.20. The Bertz CT molecular complexity index is 103. The molecule has 0 saturated carbocycles. The lowest BCUT2D eigenvalue weighted by Gasteiger charge is -2.30. The van der Waals surface area contributed by atoms with E-state index in [1.54, 1.807) is 0 Å². The van der Waals surface area contributed by atoms with Gasteiger partial charge in [0.1, 0.15) is 0 Å². The van der Waals surface area contributed by atoms with Crippen LogP contribution in [0.15, 0.2) is 0 Å². The van der Waals surface area contributed by atoms with Crippen LogP contribution in [-0.2, 0) is 0 Å². The average molecular weight is 184 g/mol. The van der Waals surface area contributed by atoms with Crippen LogP contribution in [0.1, 0.15) is 66.7 Å². The van der Waals surface area contributed by atoms with Crippen LogP contribution in [0, 0.1) is 17.8 Å². The normalized spacial score (nSPS) is 16.2. The fraction of sp³-hybridized carbons (Fsp3) is 1.00. The summed E-state index contributed by atoms with van der Waals surface area (Å²) in [6, 6.07) is 0. The molecule has 0 aromatic carbocycles. The minimum atomic E-state index is 0.921. The summed E-state index contributed by atoms with van der Waals surface area (Å²) >= 11 is 0. The van der Waals surface area contributed by atoms with Crippen LogP contribution in [0.4, 0.5) is 0 Å². The van der Waals surface area contributed by atoms with Crippen molar-refractivity contribution in [2.24, 2.45) is 17.8 Å². The first-order chi connectivity index (χ1) is 6.21. The van der Waals surface area contributed by atoms with Crippen LogP contribution < -0.4 is 0 Å². The van der Waals surface area contributed by atoms with Gasteiger partial charge in [-0.15, -0.1) is 0 Å². The molecule has 2 atom stereocenters. The molecule has 0 aliphatic heterocycles. The topological polar surface area (TPSA) is 0 Å². The molecule has 80 valence electrons. The smallest absolute Gasteiger partial charge is 0.0360 e. The maximum Gasteiger partial charge on any atom is -0.0360 e. The molecule has 0 aromatic heterocycles. The fourth-order valence-electron chi connectivity index (χ4n) is 2.52. The van der Waals surface area contributed by atoms with Crippen molar-refractivity contribution < 1.29 is 0 Å². The van der Waals surface area contributed by atoms with Gasteiger partial charge in [-0.25, -0.2) is 0 Å². The van der Waals surface area contributed by atoms with Gasteiger partial charge in [-0.05, 0) is 17.8 Å². The molecule has 13 heavy (non-hydrogen) atoms. The minimum absolute atomic E-state index is 0.921. The third-order valence-corrected chi connectivity index (χ3v) is 3.65. The van der Waals surface area contributed by atoms with Crippen LogP contribution in [0.3, 0.4) is 0 Å². The van der Waals surface area contributed by atoms with E-state index in [1.165, 1.54) is 32.1 Å². The van der Waals surface area contributed by atoms with E-state index in [0.717, 1.165) is 17.8 Å². The molecular weight excluding hydrogens is 156 g/mol. The quantitative estimate of drug-likeness (QED) is 0.528. The van der Waals surface area contributed by atoms with Crippen molar-refractivity contribution in [1.29, 1.82) is 0 Å². The summed E-state index contributed by atoms with van der Waals surface area (Å²) < 4.78 is 0. The molecule has 0 N–H and O–H groups in total. The first-order valence-corrected chi connectivity index (χ1v) is 6.21. The first-order valence-electron chi connectivity index (χ1n) is 6.21. The molecule has 0 saturated heterocycles. The van der Waals surface area contributed by atoms with Gasteiger partial charge in [-0.3, -0.25) is 0 Å². The van der Waals surface area contributed by atoms with Crippen molar-refractivity contribution in [3.63, 3.8) is 0 Å². The summed E-state index contributed by atoms with van der Waals surface area (Å²) in [6.07, 6.45) is 6.87. The molecule has 0 nitrogen and oxygen atoms in total. The summed E-state index contributed by atoms with van der Waals surface area (Å²) in [7, 11) is 0. The SMILES string of the molecule is CCCC(C(C)CC)C(CC)CC. The van der Waals surface area contributed by atoms with Crippen LogP contribution in [0.2, 0.25) is 0 Å². The van der Waals surface area contributed by atoms with Crippen molar-refractivity contribution in [3.05, 3.63) is 0 Å². The van der Waals surface area contributed by atoms with E-state index in [2.05, 4.69) is 34.6 Å². The number of hydrogen-bond acceptors (Lipinski definition) is 0. The highest BCUT2D eigenvalue weighted by atomic mass is 14.3. The second-order valence-electron chi connectivity index (χ2n) is 4.41. The van der Waals surface area contributed by atoms with Gasteiger partial charge in [0, 0.05) is 0 Å². The molecule has 0 radical (unpaired) electrons. The van der Waals surface area contributed by atoms with Crippen LogP contribution in [0.5, 0.6) is 0 Å². The lowest BCUT2D eigenvalue weighted by molar-refractivity contribution is 0.206. The molecule has 0 rings (SSSR count). The largest absolute Gasteiger partial charge is 0.0654 e. The third-order valence-electron chi connectivity index (χ3n) is 3.65. The highest BCUT2D eigenvalue weighted by molar-refractivity contribution is 4.72. The Morgan fingerprint density at radius 3 is 1.69 bits per heavy atom. The molecule has 0 aromatic rings. The Hall–Kier alpha value is 0. The van der Waals surface area contributed by atoms with Crippen molar-refractivity contribution in [2.75, 3.05) is 0 Å². The molecule has 0 heterocycles. The Balaban J connectivity index is 4.19. The maximum atomic E-state index is 2.43. The highest BCUT2D eigenvalue weighted by Crippen LogP contribution is 2.32. The van der Waals surface area contributed by atoms with Gasteiger partial charge in [0.05, 0.1) is 0 Å². The highest BCUT2D eigenvalue weighted by Gasteiger charge is 2.22. The minimum Gasteiger partial charge on any atom is -0.0654 e. The van der Waals surface area contributed by atoms with Crippen molar-refractivity contribution >= 4 is 0 Å². The average Bonchev–Trinajstić information content (AvgIpc) is 2.17. The molecule has 0 heteroatoms. The molecule has 0 bridgehead atoms. The summed E-state index contributed by atoms with van der Waals surface area (Å²) in [5.74, 6) is 2.87. The van der Waals surface area contributed by atoms with Gasteiger partial charge in [-0.1, -0.05) is 66.7 Å². The molecule has 0 aliphatic rings. The standard InChI is InChI=1S/C13H28/c1-6-10-13(11(5)7-2)12(8-3)9-4/h11-13H,6-10H2,1-5H3. The monoisotopic (exact) mass is 184 g/mol. The van der Waals surface area contributed by atoms with Crippen molar-refractivity contribution in [2.45, 2.75) is 66.7 Å². The zero-order valence-corrected chi connectivity index (χ0v) is 10.3. The maximum absolute atomic E-state index is 2.43. The van der Waals surface area contributed by atoms with Crippen LogP contribution in [0.25, 0.3) is 0 Å². The predicted octanol–water partition coefficient (Wildman–Crippen LogP) is 4.89. The van der Waals surface area contributed by atoms with Gasteiger partial charge < -0.3 is 0 Å². The molecule has 0 spiro atoms. The van der Waals surface area contributed by atoms with E-state index in [0.29, 0.717) is 0 Å². The zero-order chi connectivity index (χ0) is 10.3. The molecule has 0 fully saturated rings. The summed E-state index contributed by atoms with van der Waals surface area (Å²) in [4.78, 5) is 0. The van der Waals surface area contributed by atoms with Gasteiger partial charge in [-0.2, -0.15) is 0 Å². The summed E-state index contributed by atoms with van der Waals surface area (Å²) in [5.41, 5.74) is 0. The molecular formula is C13H28. The Labute approximate surface area is 85.1 Å². The van der Waals surface area contributed by atoms with Gasteiger partial charge in [0.15, 0.2) is 0 Å². The second kappa shape index (κ2) is 7.41. The Morgan fingerprint density at radius 2 is 1.38 bits per heavy atom. The fourth-order valence-corrected chi connectivity index (χ4v) is 2.52. The number of rotatable bonds is 7. The summed E-state index contributed by atoms with van der Waals surface area (Å²) in [5, 5.41) is 0.